The fourth-order valence-corrected chi connectivity index (χ4v) is 4.61. The Hall–Kier alpha value is -2.97. The van der Waals surface area contributed by atoms with E-state index < -0.39 is 27.4 Å². The van der Waals surface area contributed by atoms with Gasteiger partial charge in [-0.2, -0.15) is 9.78 Å². The molecule has 32 heavy (non-hydrogen) atoms. The van der Waals surface area contributed by atoms with Gasteiger partial charge in [-0.15, -0.1) is 13.2 Å². The molecule has 0 spiro atoms. The Kier molecular flexibility index (Phi) is 5.26. The lowest BCUT2D eigenvalue weighted by molar-refractivity contribution is -0.212. The van der Waals surface area contributed by atoms with Gasteiger partial charge < -0.3 is 0 Å². The zero-order chi connectivity index (χ0) is 23.3. The van der Waals surface area contributed by atoms with E-state index in [1.807, 2.05) is 0 Å². The first-order chi connectivity index (χ1) is 14.9. The maximum atomic E-state index is 13.2. The smallest absolute Gasteiger partial charge is 0.277 e. The molecule has 0 saturated heterocycles. The van der Waals surface area contributed by atoms with Gasteiger partial charge in [0.25, 0.3) is 5.56 Å². The number of halogens is 3. The summed E-state index contributed by atoms with van der Waals surface area (Å²) in [6.07, 6.45) is -1.55. The first-order valence-electron chi connectivity index (χ1n) is 9.40. The number of fused-ring (bicyclic) bond motifs is 1. The fraction of sp³-hybridized carbons (Fsp3) is 0.389. The predicted molar refractivity (Wildman–Crippen MR) is 107 cm³/mol. The van der Waals surface area contributed by atoms with Crippen LogP contribution in [0.4, 0.5) is 19.1 Å². The highest BCUT2D eigenvalue weighted by Crippen LogP contribution is 2.36. The van der Waals surface area contributed by atoms with Gasteiger partial charge >= 0.3 is 6.30 Å². The maximum absolute atomic E-state index is 13.2. The van der Waals surface area contributed by atoms with Crippen LogP contribution in [-0.4, -0.2) is 40.4 Å². The Labute approximate surface area is 180 Å². The van der Waals surface area contributed by atoms with Gasteiger partial charge in [0.05, 0.1) is 35.6 Å². The monoisotopic (exact) mass is 472 g/mol. The molecule has 0 radical (unpaired) electrons. The molecule has 1 aromatic carbocycles. The molecule has 172 valence electrons. The molecule has 1 aliphatic carbocycles. The lowest BCUT2D eigenvalue weighted by Crippen LogP contribution is -2.34. The molecule has 1 fully saturated rings. The summed E-state index contributed by atoms with van der Waals surface area (Å²) in [4.78, 5) is 22.1. The SMILES string of the molecule is CONc1nc2ccc(S(=O)(=O)NC3(C)CC3)cc2c(=O)n1Cc1cnn(C(F)(F)F)c1. The number of rotatable bonds is 7. The number of alkyl halides is 3. The lowest BCUT2D eigenvalue weighted by Gasteiger charge is -2.15. The zero-order valence-electron chi connectivity index (χ0n) is 17.0. The molecular formula is C18H19F3N6O4S. The van der Waals surface area contributed by atoms with E-state index in [-0.39, 0.29) is 38.5 Å². The van der Waals surface area contributed by atoms with E-state index in [4.69, 9.17) is 4.84 Å². The van der Waals surface area contributed by atoms with Gasteiger partial charge in [0.1, 0.15) is 0 Å². The third kappa shape index (κ3) is 4.33. The Morgan fingerprint density at radius 1 is 1.28 bits per heavy atom. The van der Waals surface area contributed by atoms with Crippen LogP contribution in [0.25, 0.3) is 10.9 Å². The normalized spacial score (nSPS) is 15.8. The van der Waals surface area contributed by atoms with Gasteiger partial charge in [0.15, 0.2) is 0 Å². The van der Waals surface area contributed by atoms with Crippen molar-refractivity contribution in [2.24, 2.45) is 0 Å². The second kappa shape index (κ2) is 7.56. The molecule has 0 amide bonds. The van der Waals surface area contributed by atoms with Crippen molar-refractivity contribution in [2.75, 3.05) is 12.6 Å². The van der Waals surface area contributed by atoms with Gasteiger partial charge in [0, 0.05) is 17.3 Å². The second-order valence-electron chi connectivity index (χ2n) is 7.74. The highest BCUT2D eigenvalue weighted by Gasteiger charge is 2.41. The van der Waals surface area contributed by atoms with Gasteiger partial charge in [-0.1, -0.05) is 0 Å². The van der Waals surface area contributed by atoms with Crippen LogP contribution in [-0.2, 0) is 27.7 Å². The maximum Gasteiger partial charge on any atom is 0.504 e. The third-order valence-electron chi connectivity index (χ3n) is 5.05. The number of hydrogen-bond acceptors (Lipinski definition) is 7. The lowest BCUT2D eigenvalue weighted by atomic mass is 10.2. The first-order valence-corrected chi connectivity index (χ1v) is 10.9. The van der Waals surface area contributed by atoms with E-state index in [9.17, 15) is 26.4 Å². The minimum atomic E-state index is -4.70. The van der Waals surface area contributed by atoms with Crippen molar-refractivity contribution in [1.82, 2.24) is 24.1 Å². The molecule has 2 aromatic heterocycles. The zero-order valence-corrected chi connectivity index (χ0v) is 17.8. The van der Waals surface area contributed by atoms with E-state index in [2.05, 4.69) is 20.3 Å². The number of anilines is 1. The van der Waals surface area contributed by atoms with Gasteiger partial charge in [-0.25, -0.2) is 23.6 Å². The minimum absolute atomic E-state index is 0.0151. The fourth-order valence-electron chi connectivity index (χ4n) is 3.12. The summed E-state index contributed by atoms with van der Waals surface area (Å²) >= 11 is 0. The minimum Gasteiger partial charge on any atom is -0.277 e. The van der Waals surface area contributed by atoms with Crippen LogP contribution in [0.1, 0.15) is 25.3 Å². The first kappa shape index (κ1) is 22.2. The molecule has 2 N–H and O–H groups in total. The Balaban J connectivity index is 1.78. The predicted octanol–water partition coefficient (Wildman–Crippen LogP) is 1.92. The van der Waals surface area contributed by atoms with Crippen LogP contribution in [0.3, 0.4) is 0 Å². The number of nitrogens with zero attached hydrogens (tertiary/aromatic N) is 4. The molecule has 0 atom stereocenters. The topological polar surface area (TPSA) is 120 Å². The largest absolute Gasteiger partial charge is 0.504 e. The van der Waals surface area contributed by atoms with Crippen molar-refractivity contribution in [3.05, 3.63) is 46.5 Å². The summed E-state index contributed by atoms with van der Waals surface area (Å²) in [5.74, 6) is -0.0658. The summed E-state index contributed by atoms with van der Waals surface area (Å²) in [6, 6.07) is 3.91. The van der Waals surface area contributed by atoms with Crippen LogP contribution in [0.2, 0.25) is 0 Å². The molecule has 0 unspecified atom stereocenters. The third-order valence-corrected chi connectivity index (χ3v) is 6.68. The van der Waals surface area contributed by atoms with Gasteiger partial charge in [-0.3, -0.25) is 14.2 Å². The van der Waals surface area contributed by atoms with E-state index >= 15 is 0 Å². The molecule has 1 saturated carbocycles. The summed E-state index contributed by atoms with van der Waals surface area (Å²) in [5, 5.41) is 3.24. The molecule has 1 aliphatic rings. The molecule has 10 nitrogen and oxygen atoms in total. The molecule has 2 heterocycles. The number of nitrogens with one attached hydrogen (secondary N) is 2. The highest BCUT2D eigenvalue weighted by molar-refractivity contribution is 7.89. The summed E-state index contributed by atoms with van der Waals surface area (Å²) in [7, 11) is -2.59. The average molecular weight is 472 g/mol. The van der Waals surface area contributed by atoms with E-state index in [1.165, 1.54) is 25.3 Å². The number of benzene rings is 1. The second-order valence-corrected chi connectivity index (χ2v) is 9.42. The number of sulfonamides is 1. The Morgan fingerprint density at radius 3 is 2.59 bits per heavy atom. The van der Waals surface area contributed by atoms with Gasteiger partial charge in [0.2, 0.25) is 16.0 Å². The molecule has 3 aromatic rings. The Bertz CT molecular complexity index is 1340. The van der Waals surface area contributed by atoms with Crippen molar-refractivity contribution >= 4 is 26.9 Å². The highest BCUT2D eigenvalue weighted by atomic mass is 32.2. The molecule has 0 bridgehead atoms. The molecule has 4 rings (SSSR count). The quantitative estimate of drug-likeness (QED) is 0.504. The standard InChI is InChI=1S/C18H19F3N6O4S/c1-17(5-6-17)25-32(29,30)12-3-4-14-13(7-12)15(28)26(16(23-14)24-31-2)9-11-8-22-27(10-11)18(19,20)21/h3-4,7-8,10,25H,5-6,9H2,1-2H3,(H,23,24). The van der Waals surface area contributed by atoms with Gasteiger partial charge in [-0.05, 0) is 38.0 Å². The van der Waals surface area contributed by atoms with Crippen molar-refractivity contribution in [3.8, 4) is 0 Å². The number of hydrogen-bond donors (Lipinski definition) is 2. The molecular weight excluding hydrogens is 453 g/mol. The number of aromatic nitrogens is 4. The summed E-state index contributed by atoms with van der Waals surface area (Å²) in [6.45, 7) is 1.47. The van der Waals surface area contributed by atoms with Crippen molar-refractivity contribution in [1.29, 1.82) is 0 Å². The van der Waals surface area contributed by atoms with Crippen LogP contribution >= 0.6 is 0 Å². The van der Waals surface area contributed by atoms with Crippen molar-refractivity contribution in [2.45, 2.75) is 43.0 Å². The summed E-state index contributed by atoms with van der Waals surface area (Å²) in [5.41, 5.74) is 1.53. The molecule has 14 heteroatoms. The average Bonchev–Trinajstić information content (AvgIpc) is 3.22. The van der Waals surface area contributed by atoms with Crippen LogP contribution in [0, 0.1) is 0 Å². The van der Waals surface area contributed by atoms with E-state index in [1.54, 1.807) is 6.92 Å². The van der Waals surface area contributed by atoms with Crippen LogP contribution in [0.5, 0.6) is 0 Å². The van der Waals surface area contributed by atoms with E-state index in [0.717, 1.165) is 17.0 Å². The van der Waals surface area contributed by atoms with Crippen LogP contribution in [0.15, 0.2) is 40.3 Å². The summed E-state index contributed by atoms with van der Waals surface area (Å²) < 4.78 is 67.3. The van der Waals surface area contributed by atoms with Crippen molar-refractivity contribution in [3.63, 3.8) is 0 Å². The van der Waals surface area contributed by atoms with E-state index in [0.29, 0.717) is 12.8 Å². The Morgan fingerprint density at radius 2 is 2.00 bits per heavy atom. The van der Waals surface area contributed by atoms with Crippen molar-refractivity contribution < 1.29 is 26.4 Å². The van der Waals surface area contributed by atoms with Crippen LogP contribution < -0.4 is 15.8 Å². The molecule has 0 aliphatic heterocycles.